The van der Waals surface area contributed by atoms with Crippen LogP contribution in [-0.2, 0) is 11.3 Å². The molecule has 2 saturated heterocycles. The molecule has 0 aliphatic carbocycles. The lowest BCUT2D eigenvalue weighted by atomic mass is 10.0. The van der Waals surface area contributed by atoms with Gasteiger partial charge in [-0.25, -0.2) is 0 Å². The third-order valence-electron chi connectivity index (χ3n) is 3.88. The molecule has 0 radical (unpaired) electrons. The molecular formula is C13H17N3O. The molecule has 2 aliphatic heterocycles. The molecule has 3 rings (SSSR count). The standard InChI is InChI=1S/C13H17N3O/c1-9-6-15-10(7-14-9)8-16-11-2-3-12(16)5-13(17)4-11/h6-7,11-12H,2-5,8H2,1H3. The molecule has 2 atom stereocenters. The van der Waals surface area contributed by atoms with Crippen molar-refractivity contribution in [3.05, 3.63) is 23.8 Å². The topological polar surface area (TPSA) is 46.1 Å². The van der Waals surface area contributed by atoms with Crippen LogP contribution in [0.2, 0.25) is 0 Å². The van der Waals surface area contributed by atoms with Gasteiger partial charge in [0, 0.05) is 43.9 Å². The number of ketones is 1. The third kappa shape index (κ3) is 2.09. The van der Waals surface area contributed by atoms with Crippen molar-refractivity contribution in [3.8, 4) is 0 Å². The molecule has 2 bridgehead atoms. The van der Waals surface area contributed by atoms with Gasteiger partial charge in [-0.05, 0) is 19.8 Å². The lowest BCUT2D eigenvalue weighted by molar-refractivity contribution is -0.123. The summed E-state index contributed by atoms with van der Waals surface area (Å²) in [6, 6.07) is 0.897. The van der Waals surface area contributed by atoms with Crippen molar-refractivity contribution in [2.45, 2.75) is 51.2 Å². The molecule has 90 valence electrons. The van der Waals surface area contributed by atoms with Crippen molar-refractivity contribution >= 4 is 5.78 Å². The average molecular weight is 231 g/mol. The van der Waals surface area contributed by atoms with Crippen LogP contribution in [0.4, 0.5) is 0 Å². The summed E-state index contributed by atoms with van der Waals surface area (Å²) in [5, 5.41) is 0. The molecule has 2 aliphatic rings. The monoisotopic (exact) mass is 231 g/mol. The van der Waals surface area contributed by atoms with E-state index in [-0.39, 0.29) is 0 Å². The van der Waals surface area contributed by atoms with Gasteiger partial charge in [0.05, 0.1) is 11.4 Å². The van der Waals surface area contributed by atoms with E-state index in [9.17, 15) is 4.79 Å². The van der Waals surface area contributed by atoms with Gasteiger partial charge in [-0.1, -0.05) is 0 Å². The zero-order valence-electron chi connectivity index (χ0n) is 10.1. The van der Waals surface area contributed by atoms with E-state index in [0.717, 1.165) is 43.6 Å². The number of aryl methyl sites for hydroxylation is 1. The molecular weight excluding hydrogens is 214 g/mol. The Morgan fingerprint density at radius 3 is 2.53 bits per heavy atom. The number of nitrogens with zero attached hydrogens (tertiary/aromatic N) is 3. The Labute approximate surface area is 101 Å². The fourth-order valence-corrected chi connectivity index (χ4v) is 3.01. The zero-order valence-corrected chi connectivity index (χ0v) is 10.1. The minimum absolute atomic E-state index is 0.434. The molecule has 2 fully saturated rings. The molecule has 0 aromatic carbocycles. The highest BCUT2D eigenvalue weighted by Crippen LogP contribution is 2.34. The number of carbonyl (C=O) groups excluding carboxylic acids is 1. The molecule has 3 heterocycles. The van der Waals surface area contributed by atoms with Gasteiger partial charge in [0.15, 0.2) is 0 Å². The fourth-order valence-electron chi connectivity index (χ4n) is 3.01. The quantitative estimate of drug-likeness (QED) is 0.773. The van der Waals surface area contributed by atoms with Gasteiger partial charge in [0.1, 0.15) is 5.78 Å². The van der Waals surface area contributed by atoms with Crippen molar-refractivity contribution < 1.29 is 4.79 Å². The summed E-state index contributed by atoms with van der Waals surface area (Å²) in [7, 11) is 0. The highest BCUT2D eigenvalue weighted by Gasteiger charge is 2.39. The molecule has 2 unspecified atom stereocenters. The van der Waals surface area contributed by atoms with Crippen LogP contribution in [0.3, 0.4) is 0 Å². The maximum Gasteiger partial charge on any atom is 0.136 e. The Balaban J connectivity index is 1.74. The molecule has 0 saturated carbocycles. The van der Waals surface area contributed by atoms with E-state index in [1.807, 2.05) is 19.3 Å². The normalized spacial score (nSPS) is 28.6. The molecule has 1 aromatic heterocycles. The number of hydrogen-bond acceptors (Lipinski definition) is 4. The van der Waals surface area contributed by atoms with E-state index < -0.39 is 0 Å². The summed E-state index contributed by atoms with van der Waals surface area (Å²) in [4.78, 5) is 22.6. The summed E-state index contributed by atoms with van der Waals surface area (Å²) >= 11 is 0. The zero-order chi connectivity index (χ0) is 11.8. The van der Waals surface area contributed by atoms with Crippen LogP contribution in [0.1, 0.15) is 37.1 Å². The minimum Gasteiger partial charge on any atom is -0.300 e. The van der Waals surface area contributed by atoms with Crippen molar-refractivity contribution in [2.24, 2.45) is 0 Å². The van der Waals surface area contributed by atoms with E-state index in [4.69, 9.17) is 0 Å². The van der Waals surface area contributed by atoms with Crippen LogP contribution >= 0.6 is 0 Å². The van der Waals surface area contributed by atoms with Gasteiger partial charge in [-0.15, -0.1) is 0 Å². The molecule has 0 amide bonds. The van der Waals surface area contributed by atoms with Crippen LogP contribution < -0.4 is 0 Å². The van der Waals surface area contributed by atoms with Crippen molar-refractivity contribution in [1.29, 1.82) is 0 Å². The maximum absolute atomic E-state index is 11.5. The Bertz CT molecular complexity index is 413. The van der Waals surface area contributed by atoms with E-state index in [2.05, 4.69) is 14.9 Å². The fraction of sp³-hybridized carbons (Fsp3) is 0.615. The molecule has 0 spiro atoms. The molecule has 0 N–H and O–H groups in total. The lowest BCUT2D eigenvalue weighted by Gasteiger charge is -2.33. The number of fused-ring (bicyclic) bond motifs is 2. The van der Waals surface area contributed by atoms with Crippen LogP contribution in [0, 0.1) is 6.92 Å². The predicted molar refractivity (Wildman–Crippen MR) is 63.4 cm³/mol. The Morgan fingerprint density at radius 2 is 1.94 bits per heavy atom. The van der Waals surface area contributed by atoms with E-state index in [0.29, 0.717) is 17.9 Å². The second-order valence-electron chi connectivity index (χ2n) is 5.15. The number of carbonyl (C=O) groups is 1. The second kappa shape index (κ2) is 4.18. The summed E-state index contributed by atoms with van der Waals surface area (Å²) in [6.45, 7) is 2.79. The first kappa shape index (κ1) is 10.8. The van der Waals surface area contributed by atoms with Gasteiger partial charge in [0.25, 0.3) is 0 Å². The van der Waals surface area contributed by atoms with E-state index >= 15 is 0 Å². The van der Waals surface area contributed by atoms with Crippen LogP contribution in [-0.4, -0.2) is 32.7 Å². The first-order valence-corrected chi connectivity index (χ1v) is 6.27. The Morgan fingerprint density at radius 1 is 1.24 bits per heavy atom. The minimum atomic E-state index is 0.434. The van der Waals surface area contributed by atoms with E-state index in [1.54, 1.807) is 0 Å². The third-order valence-corrected chi connectivity index (χ3v) is 3.88. The first-order valence-electron chi connectivity index (χ1n) is 6.27. The Kier molecular flexibility index (Phi) is 2.67. The van der Waals surface area contributed by atoms with Gasteiger partial charge < -0.3 is 0 Å². The largest absolute Gasteiger partial charge is 0.300 e. The number of hydrogen-bond donors (Lipinski definition) is 0. The number of rotatable bonds is 2. The first-order chi connectivity index (χ1) is 8.22. The van der Waals surface area contributed by atoms with Crippen LogP contribution in [0.5, 0.6) is 0 Å². The van der Waals surface area contributed by atoms with Crippen LogP contribution in [0.25, 0.3) is 0 Å². The highest BCUT2D eigenvalue weighted by atomic mass is 16.1. The van der Waals surface area contributed by atoms with Gasteiger partial charge in [0.2, 0.25) is 0 Å². The predicted octanol–water partition coefficient (Wildman–Crippen LogP) is 1.48. The van der Waals surface area contributed by atoms with Crippen molar-refractivity contribution in [1.82, 2.24) is 14.9 Å². The maximum atomic E-state index is 11.5. The van der Waals surface area contributed by atoms with Crippen molar-refractivity contribution in [2.75, 3.05) is 0 Å². The highest BCUT2D eigenvalue weighted by molar-refractivity contribution is 5.80. The van der Waals surface area contributed by atoms with Gasteiger partial charge in [-0.2, -0.15) is 0 Å². The summed E-state index contributed by atoms with van der Waals surface area (Å²) in [6.07, 6.45) is 7.45. The smallest absolute Gasteiger partial charge is 0.136 e. The van der Waals surface area contributed by atoms with Crippen molar-refractivity contribution in [3.63, 3.8) is 0 Å². The molecule has 4 heteroatoms. The summed E-state index contributed by atoms with van der Waals surface area (Å²) < 4.78 is 0. The van der Waals surface area contributed by atoms with Crippen LogP contribution in [0.15, 0.2) is 12.4 Å². The summed E-state index contributed by atoms with van der Waals surface area (Å²) in [5.74, 6) is 0.434. The Hall–Kier alpha value is -1.29. The van der Waals surface area contributed by atoms with Gasteiger partial charge >= 0.3 is 0 Å². The molecule has 4 nitrogen and oxygen atoms in total. The lowest BCUT2D eigenvalue weighted by Crippen LogP contribution is -2.42. The van der Waals surface area contributed by atoms with Gasteiger partial charge in [-0.3, -0.25) is 19.7 Å². The van der Waals surface area contributed by atoms with E-state index in [1.165, 1.54) is 0 Å². The molecule has 1 aromatic rings. The average Bonchev–Trinajstić information content (AvgIpc) is 2.56. The number of Topliss-reactive ketones (excluding diaryl/α,β-unsaturated/α-hetero) is 1. The number of piperidine rings is 1. The molecule has 17 heavy (non-hydrogen) atoms. The summed E-state index contributed by atoms with van der Waals surface area (Å²) in [5.41, 5.74) is 1.97. The second-order valence-corrected chi connectivity index (χ2v) is 5.15. The SMILES string of the molecule is Cc1cnc(CN2C3CCC2CC(=O)C3)cn1. The number of aromatic nitrogens is 2.